The van der Waals surface area contributed by atoms with Crippen molar-refractivity contribution >= 4 is 17.8 Å². The summed E-state index contributed by atoms with van der Waals surface area (Å²) in [6.45, 7) is 6.36. The third kappa shape index (κ3) is 4.64. The second-order valence-corrected chi connectivity index (χ2v) is 7.18. The molecule has 2 aromatic carbocycles. The molecule has 2 aromatic rings. The highest BCUT2D eigenvalue weighted by Crippen LogP contribution is 2.27. The molecule has 0 atom stereocenters. The standard InChI is InChI=1S/C23H26N2O2/c1-15(2)18-10-11-21(27-4)19(13-18)14-20-23(26)25-22(24-20)12-9-17-7-5-16(3)6-8-17/h5-8,10-11,13-15H,9,12H2,1-4H3,(H,24,25,26)/b20-14-. The second-order valence-electron chi connectivity index (χ2n) is 7.18. The molecular formula is C23H26N2O2. The maximum atomic E-state index is 12.3. The first-order valence-corrected chi connectivity index (χ1v) is 9.30. The number of amidine groups is 1. The molecule has 0 aliphatic carbocycles. The molecule has 0 aromatic heterocycles. The van der Waals surface area contributed by atoms with Crippen molar-refractivity contribution in [3.8, 4) is 5.75 Å². The van der Waals surface area contributed by atoms with E-state index in [9.17, 15) is 4.79 Å². The molecule has 0 unspecified atom stereocenters. The van der Waals surface area contributed by atoms with E-state index in [0.717, 1.165) is 17.7 Å². The van der Waals surface area contributed by atoms with Crippen molar-refractivity contribution in [1.29, 1.82) is 0 Å². The Morgan fingerprint density at radius 1 is 1.11 bits per heavy atom. The number of ether oxygens (including phenoxy) is 1. The molecule has 1 aliphatic heterocycles. The van der Waals surface area contributed by atoms with Crippen LogP contribution < -0.4 is 10.1 Å². The van der Waals surface area contributed by atoms with E-state index in [0.29, 0.717) is 23.9 Å². The Hall–Kier alpha value is -2.88. The lowest BCUT2D eigenvalue weighted by Crippen LogP contribution is -2.24. The van der Waals surface area contributed by atoms with Gasteiger partial charge in [-0.15, -0.1) is 0 Å². The van der Waals surface area contributed by atoms with Crippen LogP contribution in [0, 0.1) is 6.92 Å². The monoisotopic (exact) mass is 362 g/mol. The summed E-state index contributed by atoms with van der Waals surface area (Å²) in [5.74, 6) is 1.69. The number of nitrogens with zero attached hydrogens (tertiary/aromatic N) is 1. The maximum absolute atomic E-state index is 12.3. The molecule has 1 heterocycles. The highest BCUT2D eigenvalue weighted by Gasteiger charge is 2.20. The smallest absolute Gasteiger partial charge is 0.275 e. The summed E-state index contributed by atoms with van der Waals surface area (Å²) in [6, 6.07) is 14.5. The Morgan fingerprint density at radius 3 is 2.52 bits per heavy atom. The molecule has 0 bridgehead atoms. The Morgan fingerprint density at radius 2 is 1.85 bits per heavy atom. The summed E-state index contributed by atoms with van der Waals surface area (Å²) in [5.41, 5.74) is 4.98. The number of hydrogen-bond acceptors (Lipinski definition) is 3. The maximum Gasteiger partial charge on any atom is 0.275 e. The van der Waals surface area contributed by atoms with Crippen LogP contribution in [0.2, 0.25) is 0 Å². The minimum absolute atomic E-state index is 0.161. The second kappa shape index (κ2) is 8.21. The first-order valence-electron chi connectivity index (χ1n) is 9.30. The van der Waals surface area contributed by atoms with Gasteiger partial charge in [-0.25, -0.2) is 4.99 Å². The first kappa shape index (κ1) is 18.9. The van der Waals surface area contributed by atoms with Gasteiger partial charge in [-0.2, -0.15) is 0 Å². The van der Waals surface area contributed by atoms with Crippen LogP contribution in [0.1, 0.15) is 48.4 Å². The van der Waals surface area contributed by atoms with Crippen molar-refractivity contribution < 1.29 is 9.53 Å². The molecule has 4 heteroatoms. The summed E-state index contributed by atoms with van der Waals surface area (Å²) in [7, 11) is 1.64. The zero-order valence-corrected chi connectivity index (χ0v) is 16.4. The summed E-state index contributed by atoms with van der Waals surface area (Å²) < 4.78 is 5.44. The number of nitrogens with one attached hydrogen (secondary N) is 1. The van der Waals surface area contributed by atoms with Gasteiger partial charge in [-0.05, 0) is 48.6 Å². The summed E-state index contributed by atoms with van der Waals surface area (Å²) in [5, 5.41) is 2.88. The number of benzene rings is 2. The predicted octanol–water partition coefficient (Wildman–Crippen LogP) is 4.63. The fourth-order valence-corrected chi connectivity index (χ4v) is 3.02. The Bertz CT molecular complexity index is 893. The zero-order chi connectivity index (χ0) is 19.4. The Kier molecular flexibility index (Phi) is 5.75. The molecule has 0 saturated carbocycles. The van der Waals surface area contributed by atoms with Crippen molar-refractivity contribution in [1.82, 2.24) is 5.32 Å². The number of amides is 1. The van der Waals surface area contributed by atoms with Gasteiger partial charge >= 0.3 is 0 Å². The molecular weight excluding hydrogens is 336 g/mol. The van der Waals surface area contributed by atoms with Gasteiger partial charge in [0, 0.05) is 12.0 Å². The quantitative estimate of drug-likeness (QED) is 0.762. The van der Waals surface area contributed by atoms with E-state index in [1.807, 2.05) is 6.07 Å². The molecule has 4 nitrogen and oxygen atoms in total. The average molecular weight is 362 g/mol. The van der Waals surface area contributed by atoms with Gasteiger partial charge < -0.3 is 10.1 Å². The molecule has 140 valence electrons. The summed E-state index contributed by atoms with van der Waals surface area (Å²) in [6.07, 6.45) is 3.35. The van der Waals surface area contributed by atoms with Gasteiger partial charge in [-0.3, -0.25) is 4.79 Å². The van der Waals surface area contributed by atoms with Gasteiger partial charge in [0.15, 0.2) is 0 Å². The van der Waals surface area contributed by atoms with Crippen LogP contribution in [0.25, 0.3) is 6.08 Å². The third-order valence-corrected chi connectivity index (χ3v) is 4.73. The molecule has 0 spiro atoms. The molecule has 1 N–H and O–H groups in total. The van der Waals surface area contributed by atoms with Crippen LogP contribution in [-0.4, -0.2) is 18.9 Å². The minimum Gasteiger partial charge on any atom is -0.496 e. The zero-order valence-electron chi connectivity index (χ0n) is 16.4. The van der Waals surface area contributed by atoms with Crippen LogP contribution in [0.15, 0.2) is 53.2 Å². The molecule has 1 aliphatic rings. The van der Waals surface area contributed by atoms with Crippen LogP contribution in [0.3, 0.4) is 0 Å². The molecule has 0 saturated heterocycles. The van der Waals surface area contributed by atoms with Gasteiger partial charge in [0.2, 0.25) is 0 Å². The topological polar surface area (TPSA) is 50.7 Å². The normalized spacial score (nSPS) is 15.2. The molecule has 0 fully saturated rings. The number of rotatable bonds is 6. The van der Waals surface area contributed by atoms with Crippen LogP contribution >= 0.6 is 0 Å². The largest absolute Gasteiger partial charge is 0.496 e. The van der Waals surface area contributed by atoms with Crippen molar-refractivity contribution in [3.05, 3.63) is 70.4 Å². The number of aryl methyl sites for hydroxylation is 2. The molecule has 0 radical (unpaired) electrons. The van der Waals surface area contributed by atoms with E-state index < -0.39 is 0 Å². The fraction of sp³-hybridized carbons (Fsp3) is 0.304. The predicted molar refractivity (Wildman–Crippen MR) is 110 cm³/mol. The van der Waals surface area contributed by atoms with Crippen molar-refractivity contribution in [2.75, 3.05) is 7.11 Å². The summed E-state index contributed by atoms with van der Waals surface area (Å²) >= 11 is 0. The van der Waals surface area contributed by atoms with E-state index >= 15 is 0 Å². The van der Waals surface area contributed by atoms with Crippen LogP contribution in [0.5, 0.6) is 5.75 Å². The number of carbonyl (C=O) groups is 1. The van der Waals surface area contributed by atoms with Gasteiger partial charge in [-0.1, -0.05) is 49.7 Å². The van der Waals surface area contributed by atoms with E-state index in [4.69, 9.17) is 4.74 Å². The minimum atomic E-state index is -0.161. The van der Waals surface area contributed by atoms with E-state index in [1.165, 1.54) is 16.7 Å². The van der Waals surface area contributed by atoms with E-state index in [2.05, 4.69) is 67.5 Å². The van der Waals surface area contributed by atoms with E-state index in [1.54, 1.807) is 13.2 Å². The highest BCUT2D eigenvalue weighted by atomic mass is 16.5. The fourth-order valence-electron chi connectivity index (χ4n) is 3.02. The van der Waals surface area contributed by atoms with E-state index in [-0.39, 0.29) is 5.91 Å². The average Bonchev–Trinajstić information content (AvgIpc) is 3.00. The number of carbonyl (C=O) groups excluding carboxylic acids is 1. The van der Waals surface area contributed by atoms with Gasteiger partial charge in [0.25, 0.3) is 5.91 Å². The summed E-state index contributed by atoms with van der Waals surface area (Å²) in [4.78, 5) is 16.8. The molecule has 1 amide bonds. The van der Waals surface area contributed by atoms with Crippen molar-refractivity contribution in [2.24, 2.45) is 4.99 Å². The highest BCUT2D eigenvalue weighted by molar-refractivity contribution is 6.14. The van der Waals surface area contributed by atoms with Crippen molar-refractivity contribution in [3.63, 3.8) is 0 Å². The van der Waals surface area contributed by atoms with Gasteiger partial charge in [0.1, 0.15) is 17.3 Å². The lowest BCUT2D eigenvalue weighted by Gasteiger charge is -2.10. The number of methoxy groups -OCH3 is 1. The first-order chi connectivity index (χ1) is 13.0. The lowest BCUT2D eigenvalue weighted by molar-refractivity contribution is -0.115. The van der Waals surface area contributed by atoms with Gasteiger partial charge in [0.05, 0.1) is 7.11 Å². The SMILES string of the molecule is COc1ccc(C(C)C)cc1/C=C1\N=C(CCc2ccc(C)cc2)NC1=O. The van der Waals surface area contributed by atoms with Crippen LogP contribution in [-0.2, 0) is 11.2 Å². The number of aliphatic imine (C=N–C) groups is 1. The molecule has 3 rings (SSSR count). The van der Waals surface area contributed by atoms with Crippen molar-refractivity contribution in [2.45, 2.75) is 39.5 Å². The molecule has 27 heavy (non-hydrogen) atoms. The Labute approximate surface area is 161 Å². The van der Waals surface area contributed by atoms with Crippen LogP contribution in [0.4, 0.5) is 0 Å². The third-order valence-electron chi connectivity index (χ3n) is 4.73. The Balaban J connectivity index is 1.79. The lowest BCUT2D eigenvalue weighted by atomic mass is 10.00. The number of hydrogen-bond donors (Lipinski definition) is 1.